The third kappa shape index (κ3) is 3.75. The predicted molar refractivity (Wildman–Crippen MR) is 143 cm³/mol. The maximum Gasteiger partial charge on any atom is 0.234 e. The van der Waals surface area contributed by atoms with E-state index in [9.17, 15) is 24.3 Å². The normalized spacial score (nSPS) is 31.3. The summed E-state index contributed by atoms with van der Waals surface area (Å²) < 4.78 is 5.83. The number of allylic oxidation sites excluding steroid dienone is 2. The number of imide groups is 2. The summed E-state index contributed by atoms with van der Waals surface area (Å²) in [5, 5.41) is 10.5. The number of benzene rings is 1. The number of methoxy groups -OCH3 is 1. The second kappa shape index (κ2) is 8.66. The van der Waals surface area contributed by atoms with E-state index in [1.165, 1.54) is 16.9 Å². The molecule has 0 aromatic heterocycles. The fourth-order valence-electron chi connectivity index (χ4n) is 7.21. The van der Waals surface area contributed by atoms with Crippen LogP contribution in [0.5, 0.6) is 11.5 Å². The van der Waals surface area contributed by atoms with Crippen molar-refractivity contribution in [3.8, 4) is 11.5 Å². The van der Waals surface area contributed by atoms with E-state index in [2.05, 4.69) is 15.9 Å². The molecule has 1 N–H and O–H groups in total. The van der Waals surface area contributed by atoms with Crippen molar-refractivity contribution in [2.75, 3.05) is 7.11 Å². The van der Waals surface area contributed by atoms with Crippen molar-refractivity contribution in [2.45, 2.75) is 71.4 Å². The second-order valence-corrected chi connectivity index (χ2v) is 13.8. The number of ether oxygens (including phenoxy) is 1. The Morgan fingerprint density at radius 1 is 0.842 bits per heavy atom. The van der Waals surface area contributed by atoms with Crippen LogP contribution in [0.2, 0.25) is 0 Å². The number of halogens is 1. The predicted octanol–water partition coefficient (Wildman–Crippen LogP) is 4.40. The van der Waals surface area contributed by atoms with Gasteiger partial charge in [-0.25, -0.2) is 0 Å². The minimum atomic E-state index is -0.701. The van der Waals surface area contributed by atoms with Gasteiger partial charge in [0.05, 0.1) is 35.3 Å². The summed E-state index contributed by atoms with van der Waals surface area (Å²) in [5.41, 5.74) is 0.283. The number of phenols is 1. The number of carbonyl (C=O) groups excluding carboxylic acids is 4. The van der Waals surface area contributed by atoms with E-state index in [-0.39, 0.29) is 41.0 Å². The molecule has 0 spiro atoms. The van der Waals surface area contributed by atoms with Crippen LogP contribution in [0, 0.1) is 29.6 Å². The van der Waals surface area contributed by atoms with Gasteiger partial charge >= 0.3 is 0 Å². The maximum atomic E-state index is 13.9. The SMILES string of the molecule is COc1cc(C2C3=CCC4C(=O)N(C(C)(C)C)C(=O)C4C3CC3C(=O)N(C(C)(C)C)C(=O)C32)cc(Br)c1O. The van der Waals surface area contributed by atoms with Crippen LogP contribution >= 0.6 is 15.9 Å². The van der Waals surface area contributed by atoms with Gasteiger partial charge in [-0.1, -0.05) is 11.6 Å². The Labute approximate surface area is 231 Å². The highest BCUT2D eigenvalue weighted by atomic mass is 79.9. The van der Waals surface area contributed by atoms with Gasteiger partial charge in [0.25, 0.3) is 0 Å². The fourth-order valence-corrected chi connectivity index (χ4v) is 7.67. The number of likely N-dealkylation sites (tertiary alicyclic amines) is 2. The van der Waals surface area contributed by atoms with Crippen LogP contribution in [-0.4, -0.2) is 56.7 Å². The largest absolute Gasteiger partial charge is 0.503 e. The van der Waals surface area contributed by atoms with E-state index >= 15 is 0 Å². The molecule has 2 aliphatic carbocycles. The van der Waals surface area contributed by atoms with Crippen LogP contribution < -0.4 is 4.74 Å². The van der Waals surface area contributed by atoms with Gasteiger partial charge in [-0.3, -0.25) is 29.0 Å². The van der Waals surface area contributed by atoms with Crippen molar-refractivity contribution in [3.63, 3.8) is 0 Å². The molecule has 0 bridgehead atoms. The first-order valence-corrected chi connectivity index (χ1v) is 13.9. The summed E-state index contributed by atoms with van der Waals surface area (Å²) in [6.07, 6.45) is 2.77. The molecule has 8 nitrogen and oxygen atoms in total. The molecule has 2 aliphatic heterocycles. The summed E-state index contributed by atoms with van der Waals surface area (Å²) in [6, 6.07) is 3.47. The lowest BCUT2D eigenvalue weighted by Gasteiger charge is -2.44. The number of rotatable bonds is 2. The van der Waals surface area contributed by atoms with Crippen molar-refractivity contribution in [1.29, 1.82) is 0 Å². The van der Waals surface area contributed by atoms with E-state index in [0.717, 1.165) is 11.1 Å². The number of carbonyl (C=O) groups is 4. The van der Waals surface area contributed by atoms with Gasteiger partial charge in [0.2, 0.25) is 23.6 Å². The fraction of sp³-hybridized carbons (Fsp3) is 0.586. The number of fused-ring (bicyclic) bond motifs is 4. The number of amides is 4. The van der Waals surface area contributed by atoms with Gasteiger partial charge in [-0.2, -0.15) is 0 Å². The standard InChI is InChI=1S/C29H35BrN2O6/c1-28(2,3)31-24(34)15-9-8-14-16(21(15)26(31)36)12-17-22(27(37)32(25(17)35)29(4,5)6)20(14)13-10-18(30)23(33)19(11-13)38-7/h8,10-11,15-17,20-22,33H,9,12H2,1-7H3. The zero-order valence-electron chi connectivity index (χ0n) is 22.9. The van der Waals surface area contributed by atoms with Crippen molar-refractivity contribution >= 4 is 39.6 Å². The van der Waals surface area contributed by atoms with Gasteiger partial charge in [-0.05, 0) is 93.9 Å². The first kappa shape index (κ1) is 26.9. The van der Waals surface area contributed by atoms with Gasteiger partial charge < -0.3 is 9.84 Å². The molecule has 3 fully saturated rings. The summed E-state index contributed by atoms with van der Waals surface area (Å²) >= 11 is 3.41. The number of phenolic OH excluding ortho intramolecular Hbond substituents is 1. The monoisotopic (exact) mass is 586 g/mol. The number of hydrogen-bond donors (Lipinski definition) is 1. The van der Waals surface area contributed by atoms with Crippen LogP contribution in [0.25, 0.3) is 0 Å². The Kier molecular flexibility index (Phi) is 6.13. The third-order valence-electron chi connectivity index (χ3n) is 8.62. The molecule has 6 atom stereocenters. The van der Waals surface area contributed by atoms with Gasteiger partial charge in [0, 0.05) is 17.0 Å². The van der Waals surface area contributed by atoms with Crippen molar-refractivity contribution in [2.24, 2.45) is 29.6 Å². The molecule has 1 aromatic carbocycles. The highest BCUT2D eigenvalue weighted by molar-refractivity contribution is 9.10. The Balaban J connectivity index is 1.69. The second-order valence-electron chi connectivity index (χ2n) is 12.9. The lowest BCUT2D eigenvalue weighted by Crippen LogP contribution is -2.47. The Morgan fingerprint density at radius 3 is 1.95 bits per heavy atom. The van der Waals surface area contributed by atoms with Crippen LogP contribution in [-0.2, 0) is 19.2 Å². The topological polar surface area (TPSA) is 104 Å². The molecule has 0 radical (unpaired) electrons. The molecule has 1 aromatic rings. The van der Waals surface area contributed by atoms with E-state index in [0.29, 0.717) is 17.3 Å². The Hall–Kier alpha value is -2.68. The molecule has 4 aliphatic rings. The first-order chi connectivity index (χ1) is 17.6. The molecule has 2 saturated heterocycles. The molecule has 204 valence electrons. The molecule has 38 heavy (non-hydrogen) atoms. The summed E-state index contributed by atoms with van der Waals surface area (Å²) in [5.74, 6) is -3.78. The summed E-state index contributed by atoms with van der Waals surface area (Å²) in [4.78, 5) is 57.7. The van der Waals surface area contributed by atoms with E-state index in [1.54, 1.807) is 12.1 Å². The Bertz CT molecular complexity index is 1290. The van der Waals surface area contributed by atoms with Crippen molar-refractivity contribution in [3.05, 3.63) is 33.8 Å². The van der Waals surface area contributed by atoms with Gasteiger partial charge in [0.15, 0.2) is 11.5 Å². The summed E-state index contributed by atoms with van der Waals surface area (Å²) in [6.45, 7) is 11.1. The highest BCUT2D eigenvalue weighted by Crippen LogP contribution is 2.59. The van der Waals surface area contributed by atoms with Gasteiger partial charge in [0.1, 0.15) is 0 Å². The van der Waals surface area contributed by atoms with E-state index < -0.39 is 40.7 Å². The van der Waals surface area contributed by atoms with E-state index in [4.69, 9.17) is 4.74 Å². The average molecular weight is 588 g/mol. The molecular formula is C29H35BrN2O6. The number of nitrogens with zero attached hydrogens (tertiary/aromatic N) is 2. The molecule has 4 amide bonds. The number of aromatic hydroxyl groups is 1. The van der Waals surface area contributed by atoms with Crippen LogP contribution in [0.1, 0.15) is 65.9 Å². The lowest BCUT2D eigenvalue weighted by atomic mass is 9.57. The van der Waals surface area contributed by atoms with Crippen LogP contribution in [0.15, 0.2) is 28.3 Å². The zero-order chi connectivity index (χ0) is 28.1. The minimum absolute atomic E-state index is 0.0552. The zero-order valence-corrected chi connectivity index (χ0v) is 24.5. The third-order valence-corrected chi connectivity index (χ3v) is 9.22. The molecule has 6 unspecified atom stereocenters. The van der Waals surface area contributed by atoms with Crippen LogP contribution in [0.4, 0.5) is 0 Å². The minimum Gasteiger partial charge on any atom is -0.503 e. The van der Waals surface area contributed by atoms with E-state index in [1.807, 2.05) is 47.6 Å². The summed E-state index contributed by atoms with van der Waals surface area (Å²) in [7, 11) is 1.46. The van der Waals surface area contributed by atoms with Gasteiger partial charge in [-0.15, -0.1) is 0 Å². The lowest BCUT2D eigenvalue weighted by molar-refractivity contribution is -0.147. The quantitative estimate of drug-likeness (QED) is 0.407. The van der Waals surface area contributed by atoms with Crippen molar-refractivity contribution in [1.82, 2.24) is 9.80 Å². The molecule has 5 rings (SSSR count). The molecule has 1 saturated carbocycles. The highest BCUT2D eigenvalue weighted by Gasteiger charge is 2.63. The van der Waals surface area contributed by atoms with Crippen LogP contribution in [0.3, 0.4) is 0 Å². The number of hydrogen-bond acceptors (Lipinski definition) is 6. The molecule has 2 heterocycles. The smallest absolute Gasteiger partial charge is 0.234 e. The van der Waals surface area contributed by atoms with Crippen molar-refractivity contribution < 1.29 is 29.0 Å². The molecule has 9 heteroatoms. The Morgan fingerprint density at radius 2 is 1.39 bits per heavy atom. The first-order valence-electron chi connectivity index (χ1n) is 13.1. The maximum absolute atomic E-state index is 13.9. The average Bonchev–Trinajstić information content (AvgIpc) is 3.23. The molecular weight excluding hydrogens is 552 g/mol.